The van der Waals surface area contributed by atoms with E-state index in [0.29, 0.717) is 5.41 Å². The summed E-state index contributed by atoms with van der Waals surface area (Å²) in [4.78, 5) is 13.6. The summed E-state index contributed by atoms with van der Waals surface area (Å²) < 4.78 is 0. The van der Waals surface area contributed by atoms with Crippen molar-refractivity contribution in [3.63, 3.8) is 0 Å². The predicted molar refractivity (Wildman–Crippen MR) is 55.7 cm³/mol. The predicted octanol–water partition coefficient (Wildman–Crippen LogP) is 2.41. The van der Waals surface area contributed by atoms with Crippen LogP contribution in [0.3, 0.4) is 0 Å². The lowest BCUT2D eigenvalue weighted by atomic mass is 9.85. The molecule has 2 heterocycles. The normalized spacial score (nSPS) is 19.7. The van der Waals surface area contributed by atoms with Crippen molar-refractivity contribution in [1.82, 2.24) is 0 Å². The van der Waals surface area contributed by atoms with Gasteiger partial charge in [0.15, 0.2) is 6.29 Å². The van der Waals surface area contributed by atoms with Gasteiger partial charge in [-0.3, -0.25) is 4.79 Å². The Labute approximate surface area is 82.2 Å². The van der Waals surface area contributed by atoms with Gasteiger partial charge in [0, 0.05) is 13.1 Å². The molecule has 0 amide bonds. The highest BCUT2D eigenvalue weighted by molar-refractivity contribution is 7.17. The van der Waals surface area contributed by atoms with Gasteiger partial charge >= 0.3 is 0 Å². The first-order valence-corrected chi connectivity index (χ1v) is 5.22. The molecule has 2 rings (SSSR count). The minimum atomic E-state index is 0.450. The number of anilines is 1. The van der Waals surface area contributed by atoms with Gasteiger partial charge in [-0.1, -0.05) is 13.8 Å². The van der Waals surface area contributed by atoms with Gasteiger partial charge in [-0.25, -0.2) is 0 Å². The molecule has 1 fully saturated rings. The van der Waals surface area contributed by atoms with Crippen LogP contribution in [0.4, 0.5) is 5.00 Å². The van der Waals surface area contributed by atoms with Crippen LogP contribution < -0.4 is 4.90 Å². The van der Waals surface area contributed by atoms with E-state index in [-0.39, 0.29) is 0 Å². The Morgan fingerprint density at radius 1 is 1.46 bits per heavy atom. The highest BCUT2D eigenvalue weighted by atomic mass is 32.1. The monoisotopic (exact) mass is 195 g/mol. The van der Waals surface area contributed by atoms with Crippen molar-refractivity contribution in [2.24, 2.45) is 5.41 Å². The molecule has 1 aliphatic heterocycles. The number of hydrogen-bond acceptors (Lipinski definition) is 3. The number of aldehydes is 1. The second-order valence-corrected chi connectivity index (χ2v) is 5.41. The molecular formula is C10H13NOS. The summed E-state index contributed by atoms with van der Waals surface area (Å²) in [5, 5.41) is 1.22. The summed E-state index contributed by atoms with van der Waals surface area (Å²) in [6, 6.07) is 3.92. The van der Waals surface area contributed by atoms with Crippen molar-refractivity contribution in [2.75, 3.05) is 18.0 Å². The van der Waals surface area contributed by atoms with E-state index in [1.807, 2.05) is 12.1 Å². The fourth-order valence-electron chi connectivity index (χ4n) is 1.72. The van der Waals surface area contributed by atoms with Gasteiger partial charge in [0.25, 0.3) is 0 Å². The van der Waals surface area contributed by atoms with Crippen LogP contribution in [0.1, 0.15) is 23.5 Å². The van der Waals surface area contributed by atoms with Crippen LogP contribution in [0.25, 0.3) is 0 Å². The number of nitrogens with zero attached hydrogens (tertiary/aromatic N) is 1. The highest BCUT2D eigenvalue weighted by Crippen LogP contribution is 2.36. The van der Waals surface area contributed by atoms with E-state index in [2.05, 4.69) is 18.7 Å². The molecule has 70 valence electrons. The molecule has 0 aliphatic carbocycles. The van der Waals surface area contributed by atoms with Crippen LogP contribution in [0.2, 0.25) is 0 Å². The first-order valence-electron chi connectivity index (χ1n) is 4.41. The molecular weight excluding hydrogens is 182 g/mol. The lowest BCUT2D eigenvalue weighted by Crippen LogP contribution is -2.52. The molecule has 1 aliphatic rings. The second-order valence-electron chi connectivity index (χ2n) is 4.31. The summed E-state index contributed by atoms with van der Waals surface area (Å²) >= 11 is 1.58. The van der Waals surface area contributed by atoms with Crippen molar-refractivity contribution in [3.05, 3.63) is 17.0 Å². The van der Waals surface area contributed by atoms with Gasteiger partial charge < -0.3 is 4.90 Å². The van der Waals surface area contributed by atoms with Crippen LogP contribution in [0.5, 0.6) is 0 Å². The summed E-state index contributed by atoms with van der Waals surface area (Å²) in [6.45, 7) is 6.73. The van der Waals surface area contributed by atoms with Crippen LogP contribution in [-0.2, 0) is 0 Å². The average molecular weight is 195 g/mol. The Bertz CT molecular complexity index is 321. The molecule has 1 aromatic heterocycles. The zero-order valence-electron chi connectivity index (χ0n) is 7.91. The smallest absolute Gasteiger partial charge is 0.160 e. The number of carbonyl (C=O) groups excluding carboxylic acids is 1. The van der Waals surface area contributed by atoms with Crippen molar-refractivity contribution in [2.45, 2.75) is 13.8 Å². The van der Waals surface area contributed by atoms with Crippen molar-refractivity contribution in [3.8, 4) is 0 Å². The zero-order chi connectivity index (χ0) is 9.47. The van der Waals surface area contributed by atoms with Gasteiger partial charge in [0.1, 0.15) is 0 Å². The maximum atomic E-state index is 10.5. The Morgan fingerprint density at radius 2 is 2.15 bits per heavy atom. The highest BCUT2D eigenvalue weighted by Gasteiger charge is 2.34. The van der Waals surface area contributed by atoms with E-state index in [4.69, 9.17) is 0 Å². The molecule has 0 radical (unpaired) electrons. The Morgan fingerprint density at radius 3 is 2.62 bits per heavy atom. The number of thiophene rings is 1. The molecule has 1 aromatic rings. The molecule has 0 aromatic carbocycles. The molecule has 2 nitrogen and oxygen atoms in total. The van der Waals surface area contributed by atoms with Crippen molar-refractivity contribution in [1.29, 1.82) is 0 Å². The molecule has 0 bridgehead atoms. The topological polar surface area (TPSA) is 20.3 Å². The quantitative estimate of drug-likeness (QED) is 0.675. The van der Waals surface area contributed by atoms with Crippen LogP contribution in [0, 0.1) is 5.41 Å². The van der Waals surface area contributed by atoms with Crippen LogP contribution in [-0.4, -0.2) is 19.4 Å². The van der Waals surface area contributed by atoms with Crippen molar-refractivity contribution < 1.29 is 4.79 Å². The van der Waals surface area contributed by atoms with Gasteiger partial charge in [0.05, 0.1) is 9.88 Å². The van der Waals surface area contributed by atoms with Crippen molar-refractivity contribution >= 4 is 22.6 Å². The van der Waals surface area contributed by atoms with E-state index in [0.717, 1.165) is 24.3 Å². The van der Waals surface area contributed by atoms with Gasteiger partial charge in [-0.05, 0) is 17.5 Å². The Balaban J connectivity index is 2.07. The molecule has 3 heteroatoms. The molecule has 1 saturated heterocycles. The van der Waals surface area contributed by atoms with E-state index in [9.17, 15) is 4.79 Å². The minimum absolute atomic E-state index is 0.450. The zero-order valence-corrected chi connectivity index (χ0v) is 8.73. The summed E-state index contributed by atoms with van der Waals surface area (Å²) in [5.41, 5.74) is 0.450. The van der Waals surface area contributed by atoms with Gasteiger partial charge in [0.2, 0.25) is 0 Å². The van der Waals surface area contributed by atoms with E-state index in [1.165, 1.54) is 5.00 Å². The standard InChI is InChI=1S/C10H13NOS/c1-10(2)6-11(7-10)9-4-3-8(5-12)13-9/h3-5H,6-7H2,1-2H3. The molecule has 0 spiro atoms. The van der Waals surface area contributed by atoms with Gasteiger partial charge in [-0.2, -0.15) is 0 Å². The molecule has 0 saturated carbocycles. The fourth-order valence-corrected chi connectivity index (χ4v) is 2.54. The maximum absolute atomic E-state index is 10.5. The first kappa shape index (κ1) is 8.75. The summed E-state index contributed by atoms with van der Waals surface area (Å²) in [7, 11) is 0. The first-order chi connectivity index (χ1) is 6.11. The molecule has 0 unspecified atom stereocenters. The number of rotatable bonds is 2. The largest absolute Gasteiger partial charge is 0.362 e. The third kappa shape index (κ3) is 1.61. The maximum Gasteiger partial charge on any atom is 0.160 e. The fraction of sp³-hybridized carbons (Fsp3) is 0.500. The third-order valence-corrected chi connectivity index (χ3v) is 3.35. The molecule has 13 heavy (non-hydrogen) atoms. The second kappa shape index (κ2) is 2.84. The van der Waals surface area contributed by atoms with Crippen LogP contribution >= 0.6 is 11.3 Å². The molecule has 0 atom stereocenters. The number of hydrogen-bond donors (Lipinski definition) is 0. The Hall–Kier alpha value is -0.830. The lowest BCUT2D eigenvalue weighted by Gasteiger charge is -2.46. The lowest BCUT2D eigenvalue weighted by molar-refractivity contribution is 0.112. The van der Waals surface area contributed by atoms with Crippen LogP contribution in [0.15, 0.2) is 12.1 Å². The summed E-state index contributed by atoms with van der Waals surface area (Å²) in [5.74, 6) is 0. The number of carbonyl (C=O) groups is 1. The SMILES string of the molecule is CC1(C)CN(c2ccc(C=O)s2)C1. The van der Waals surface area contributed by atoms with E-state index in [1.54, 1.807) is 11.3 Å². The summed E-state index contributed by atoms with van der Waals surface area (Å²) in [6.07, 6.45) is 0.916. The Kier molecular flexibility index (Phi) is 1.91. The molecule has 0 N–H and O–H groups in total. The van der Waals surface area contributed by atoms with Gasteiger partial charge in [-0.15, -0.1) is 11.3 Å². The van der Waals surface area contributed by atoms with E-state index >= 15 is 0 Å². The minimum Gasteiger partial charge on any atom is -0.362 e. The van der Waals surface area contributed by atoms with E-state index < -0.39 is 0 Å². The average Bonchev–Trinajstić information content (AvgIpc) is 2.47. The third-order valence-electron chi connectivity index (χ3n) is 2.28.